The van der Waals surface area contributed by atoms with Gasteiger partial charge in [0.25, 0.3) is 5.91 Å². The van der Waals surface area contributed by atoms with Gasteiger partial charge < -0.3 is 10.4 Å². The standard InChI is InChI=1S/C23H20N4O4S/c1-12-22(32-14(3)25-12)20(29)18-19(15-5-4-10-24-11-15)27(23(31)21(18)30)17-8-6-16(7-9-17)26-13(2)28/h4-11,19,30H,1-3H3,(H,26,28). The maximum Gasteiger partial charge on any atom is 0.294 e. The SMILES string of the molecule is CC(=O)Nc1ccc(N2C(=O)C(O)=C(C(=O)c3sc(C)nc3C)C2c2cccnc2)cc1. The van der Waals surface area contributed by atoms with Gasteiger partial charge in [0.05, 0.1) is 27.2 Å². The Labute approximate surface area is 188 Å². The summed E-state index contributed by atoms with van der Waals surface area (Å²) in [5.74, 6) is -1.94. The van der Waals surface area contributed by atoms with E-state index in [-0.39, 0.29) is 11.5 Å². The monoisotopic (exact) mass is 448 g/mol. The van der Waals surface area contributed by atoms with Crippen molar-refractivity contribution < 1.29 is 19.5 Å². The molecule has 0 fully saturated rings. The molecule has 1 aliphatic rings. The summed E-state index contributed by atoms with van der Waals surface area (Å²) < 4.78 is 0. The van der Waals surface area contributed by atoms with Crippen LogP contribution in [0.2, 0.25) is 0 Å². The van der Waals surface area contributed by atoms with E-state index in [2.05, 4.69) is 15.3 Å². The number of hydrogen-bond donors (Lipinski definition) is 2. The van der Waals surface area contributed by atoms with Crippen molar-refractivity contribution >= 4 is 40.3 Å². The minimum Gasteiger partial charge on any atom is -0.503 e. The molecule has 4 rings (SSSR count). The van der Waals surface area contributed by atoms with Crippen LogP contribution in [0.3, 0.4) is 0 Å². The number of rotatable bonds is 5. The summed E-state index contributed by atoms with van der Waals surface area (Å²) in [7, 11) is 0. The molecule has 32 heavy (non-hydrogen) atoms. The molecule has 0 saturated heterocycles. The van der Waals surface area contributed by atoms with E-state index >= 15 is 0 Å². The molecule has 0 spiro atoms. The Balaban J connectivity index is 1.81. The lowest BCUT2D eigenvalue weighted by atomic mass is 9.96. The number of anilines is 2. The molecule has 3 aromatic rings. The summed E-state index contributed by atoms with van der Waals surface area (Å²) in [6.07, 6.45) is 3.15. The predicted octanol–water partition coefficient (Wildman–Crippen LogP) is 3.90. The first-order valence-electron chi connectivity index (χ1n) is 9.81. The molecule has 1 aromatic carbocycles. The number of carbonyl (C=O) groups excluding carboxylic acids is 3. The Bertz CT molecular complexity index is 1250. The molecule has 0 aliphatic carbocycles. The Hall–Kier alpha value is -3.85. The predicted molar refractivity (Wildman–Crippen MR) is 121 cm³/mol. The van der Waals surface area contributed by atoms with Crippen LogP contribution in [0.25, 0.3) is 0 Å². The second-order valence-corrected chi connectivity index (χ2v) is 8.53. The van der Waals surface area contributed by atoms with Crippen LogP contribution in [-0.4, -0.2) is 32.7 Å². The largest absolute Gasteiger partial charge is 0.503 e. The summed E-state index contributed by atoms with van der Waals surface area (Å²) in [5, 5.41) is 14.2. The van der Waals surface area contributed by atoms with Gasteiger partial charge in [-0.2, -0.15) is 0 Å². The number of benzene rings is 1. The Morgan fingerprint density at radius 2 is 1.88 bits per heavy atom. The van der Waals surface area contributed by atoms with Crippen LogP contribution in [0, 0.1) is 13.8 Å². The van der Waals surface area contributed by atoms with Crippen LogP contribution >= 0.6 is 11.3 Å². The summed E-state index contributed by atoms with van der Waals surface area (Å²) in [6, 6.07) is 9.19. The van der Waals surface area contributed by atoms with Crippen molar-refractivity contribution in [3.63, 3.8) is 0 Å². The van der Waals surface area contributed by atoms with E-state index in [0.717, 1.165) is 5.01 Å². The number of amides is 2. The molecule has 3 heterocycles. The normalized spacial score (nSPS) is 15.9. The molecule has 2 N–H and O–H groups in total. The van der Waals surface area contributed by atoms with E-state index in [1.165, 1.54) is 23.2 Å². The van der Waals surface area contributed by atoms with Crippen LogP contribution in [-0.2, 0) is 9.59 Å². The van der Waals surface area contributed by atoms with Gasteiger partial charge in [0.2, 0.25) is 11.7 Å². The average Bonchev–Trinajstić information content (AvgIpc) is 3.24. The quantitative estimate of drug-likeness (QED) is 0.573. The Morgan fingerprint density at radius 1 is 1.16 bits per heavy atom. The lowest BCUT2D eigenvalue weighted by molar-refractivity contribution is -0.117. The first-order valence-corrected chi connectivity index (χ1v) is 10.6. The smallest absolute Gasteiger partial charge is 0.294 e. The molecule has 0 radical (unpaired) electrons. The zero-order chi connectivity index (χ0) is 23.0. The van der Waals surface area contributed by atoms with E-state index in [0.29, 0.717) is 27.5 Å². The van der Waals surface area contributed by atoms with Crippen molar-refractivity contribution in [2.45, 2.75) is 26.8 Å². The maximum atomic E-state index is 13.5. The van der Waals surface area contributed by atoms with Crippen molar-refractivity contribution in [1.29, 1.82) is 0 Å². The highest BCUT2D eigenvalue weighted by Crippen LogP contribution is 2.42. The molecule has 9 heteroatoms. The summed E-state index contributed by atoms with van der Waals surface area (Å²) >= 11 is 1.22. The van der Waals surface area contributed by atoms with Crippen LogP contribution in [0.15, 0.2) is 60.1 Å². The number of ketones is 1. The Kier molecular flexibility index (Phi) is 5.58. The highest BCUT2D eigenvalue weighted by Gasteiger charge is 2.45. The summed E-state index contributed by atoms with van der Waals surface area (Å²) in [6.45, 7) is 4.92. The zero-order valence-corrected chi connectivity index (χ0v) is 18.4. The molecular formula is C23H20N4O4S. The third-order valence-corrected chi connectivity index (χ3v) is 6.10. The number of aryl methyl sites for hydroxylation is 2. The number of aromatic nitrogens is 2. The van der Waals surface area contributed by atoms with E-state index in [1.807, 2.05) is 0 Å². The number of hydrogen-bond acceptors (Lipinski definition) is 7. The first-order chi connectivity index (χ1) is 15.3. The van der Waals surface area contributed by atoms with Crippen LogP contribution in [0.5, 0.6) is 0 Å². The minimum atomic E-state index is -0.864. The van der Waals surface area contributed by atoms with Gasteiger partial charge >= 0.3 is 0 Å². The van der Waals surface area contributed by atoms with Gasteiger partial charge in [-0.05, 0) is 49.7 Å². The van der Waals surface area contributed by atoms with Crippen LogP contribution in [0.1, 0.15) is 38.9 Å². The van der Waals surface area contributed by atoms with Gasteiger partial charge in [-0.3, -0.25) is 24.3 Å². The number of carbonyl (C=O) groups is 3. The fourth-order valence-electron chi connectivity index (χ4n) is 3.73. The van der Waals surface area contributed by atoms with Crippen LogP contribution in [0.4, 0.5) is 11.4 Å². The van der Waals surface area contributed by atoms with Gasteiger partial charge in [0.15, 0.2) is 5.76 Å². The summed E-state index contributed by atoms with van der Waals surface area (Å²) in [5.41, 5.74) is 2.15. The number of nitrogens with zero attached hydrogens (tertiary/aromatic N) is 3. The fourth-order valence-corrected chi connectivity index (χ4v) is 4.60. The number of thiazole rings is 1. The number of Topliss-reactive ketones (excluding diaryl/α,β-unsaturated/α-hetero) is 1. The lowest BCUT2D eigenvalue weighted by Crippen LogP contribution is -2.31. The Morgan fingerprint density at radius 3 is 2.44 bits per heavy atom. The first kappa shape index (κ1) is 21.4. The molecular weight excluding hydrogens is 428 g/mol. The van der Waals surface area contributed by atoms with E-state index in [1.54, 1.807) is 62.6 Å². The third kappa shape index (κ3) is 3.78. The van der Waals surface area contributed by atoms with Crippen LogP contribution < -0.4 is 10.2 Å². The number of pyridine rings is 1. The van der Waals surface area contributed by atoms with Crippen molar-refractivity contribution in [2.75, 3.05) is 10.2 Å². The van der Waals surface area contributed by atoms with Gasteiger partial charge in [-0.25, -0.2) is 4.98 Å². The second-order valence-electron chi connectivity index (χ2n) is 7.33. The number of aliphatic hydroxyl groups is 1. The maximum absolute atomic E-state index is 13.5. The number of nitrogens with one attached hydrogen (secondary N) is 1. The third-order valence-electron chi connectivity index (χ3n) is 5.03. The lowest BCUT2D eigenvalue weighted by Gasteiger charge is -2.26. The molecule has 162 valence electrons. The van der Waals surface area contributed by atoms with Crippen molar-refractivity contribution in [2.24, 2.45) is 0 Å². The molecule has 0 saturated carbocycles. The topological polar surface area (TPSA) is 112 Å². The molecule has 1 aliphatic heterocycles. The van der Waals surface area contributed by atoms with Gasteiger partial charge in [0, 0.05) is 30.7 Å². The number of aliphatic hydroxyl groups excluding tert-OH is 1. The molecule has 8 nitrogen and oxygen atoms in total. The second kappa shape index (κ2) is 8.35. The summed E-state index contributed by atoms with van der Waals surface area (Å²) in [4.78, 5) is 48.1. The van der Waals surface area contributed by atoms with Crippen molar-refractivity contribution in [1.82, 2.24) is 9.97 Å². The fraction of sp³-hybridized carbons (Fsp3) is 0.174. The molecule has 0 bridgehead atoms. The van der Waals surface area contributed by atoms with Gasteiger partial charge in [0.1, 0.15) is 0 Å². The average molecular weight is 449 g/mol. The molecule has 1 unspecified atom stereocenters. The zero-order valence-electron chi connectivity index (χ0n) is 17.6. The molecule has 1 atom stereocenters. The van der Waals surface area contributed by atoms with E-state index in [9.17, 15) is 19.5 Å². The molecule has 2 amide bonds. The highest BCUT2D eigenvalue weighted by atomic mass is 32.1. The highest BCUT2D eigenvalue weighted by molar-refractivity contribution is 7.14. The van der Waals surface area contributed by atoms with Gasteiger partial charge in [-0.15, -0.1) is 11.3 Å². The van der Waals surface area contributed by atoms with Crippen molar-refractivity contribution in [3.8, 4) is 0 Å². The van der Waals surface area contributed by atoms with Gasteiger partial charge in [-0.1, -0.05) is 6.07 Å². The van der Waals surface area contributed by atoms with Crippen molar-refractivity contribution in [3.05, 3.63) is 81.3 Å². The minimum absolute atomic E-state index is 0.0133. The van der Waals surface area contributed by atoms with E-state index in [4.69, 9.17) is 0 Å². The van der Waals surface area contributed by atoms with E-state index < -0.39 is 23.5 Å². The molecule has 2 aromatic heterocycles.